The molecule has 90 valence electrons. The SMILES string of the molecule is CCN1CCN(C(CCO)CCO)CC1. The summed E-state index contributed by atoms with van der Waals surface area (Å²) in [5, 5.41) is 17.9. The van der Waals surface area contributed by atoms with E-state index < -0.39 is 0 Å². The number of hydrogen-bond donors (Lipinski definition) is 2. The normalized spacial score (nSPS) is 20.0. The molecule has 0 spiro atoms. The molecule has 1 fully saturated rings. The summed E-state index contributed by atoms with van der Waals surface area (Å²) in [6.45, 7) is 8.12. The number of aliphatic hydroxyl groups excluding tert-OH is 2. The summed E-state index contributed by atoms with van der Waals surface area (Å²) in [6, 6.07) is 0.360. The highest BCUT2D eigenvalue weighted by Crippen LogP contribution is 2.11. The monoisotopic (exact) mass is 216 g/mol. The van der Waals surface area contributed by atoms with Gasteiger partial charge in [0.1, 0.15) is 0 Å². The molecule has 0 aromatic rings. The number of rotatable bonds is 6. The summed E-state index contributed by atoms with van der Waals surface area (Å²) in [4.78, 5) is 4.84. The van der Waals surface area contributed by atoms with E-state index in [-0.39, 0.29) is 13.2 Å². The van der Waals surface area contributed by atoms with E-state index >= 15 is 0 Å². The molecule has 0 radical (unpaired) electrons. The zero-order valence-corrected chi connectivity index (χ0v) is 9.73. The first-order valence-electron chi connectivity index (χ1n) is 6.00. The molecule has 0 atom stereocenters. The van der Waals surface area contributed by atoms with Gasteiger partial charge in [-0.3, -0.25) is 4.90 Å². The Hall–Kier alpha value is -0.160. The lowest BCUT2D eigenvalue weighted by molar-refractivity contribution is 0.0722. The lowest BCUT2D eigenvalue weighted by atomic mass is 10.1. The first-order chi connectivity index (χ1) is 7.31. The predicted octanol–water partition coefficient (Wildman–Crippen LogP) is -0.243. The van der Waals surface area contributed by atoms with Crippen molar-refractivity contribution in [3.63, 3.8) is 0 Å². The molecule has 15 heavy (non-hydrogen) atoms. The van der Waals surface area contributed by atoms with Gasteiger partial charge in [0.05, 0.1) is 0 Å². The summed E-state index contributed by atoms with van der Waals surface area (Å²) >= 11 is 0. The third-order valence-corrected chi connectivity index (χ3v) is 3.30. The molecule has 1 rings (SSSR count). The van der Waals surface area contributed by atoms with Crippen LogP contribution in [0, 0.1) is 0 Å². The third-order valence-electron chi connectivity index (χ3n) is 3.30. The van der Waals surface area contributed by atoms with E-state index in [9.17, 15) is 0 Å². The molecule has 4 nitrogen and oxygen atoms in total. The van der Waals surface area contributed by atoms with Crippen molar-refractivity contribution in [1.82, 2.24) is 9.80 Å². The molecule has 0 aromatic carbocycles. The van der Waals surface area contributed by atoms with Crippen molar-refractivity contribution < 1.29 is 10.2 Å². The molecule has 1 heterocycles. The lowest BCUT2D eigenvalue weighted by Gasteiger charge is -2.38. The molecule has 1 saturated heterocycles. The van der Waals surface area contributed by atoms with Crippen molar-refractivity contribution in [1.29, 1.82) is 0 Å². The summed E-state index contributed by atoms with van der Waals surface area (Å²) in [7, 11) is 0. The molecule has 1 aliphatic rings. The Morgan fingerprint density at radius 1 is 1.00 bits per heavy atom. The van der Waals surface area contributed by atoms with E-state index in [0.29, 0.717) is 6.04 Å². The quantitative estimate of drug-likeness (QED) is 0.643. The van der Waals surface area contributed by atoms with E-state index in [1.165, 1.54) is 0 Å². The Kier molecular flexibility index (Phi) is 6.17. The fraction of sp³-hybridized carbons (Fsp3) is 1.00. The molecule has 0 saturated carbocycles. The first-order valence-corrected chi connectivity index (χ1v) is 6.00. The van der Waals surface area contributed by atoms with Gasteiger partial charge in [-0.25, -0.2) is 0 Å². The Morgan fingerprint density at radius 3 is 1.93 bits per heavy atom. The van der Waals surface area contributed by atoms with Gasteiger partial charge in [-0.1, -0.05) is 6.92 Å². The van der Waals surface area contributed by atoms with Crippen molar-refractivity contribution in [3.05, 3.63) is 0 Å². The Morgan fingerprint density at radius 2 is 1.53 bits per heavy atom. The van der Waals surface area contributed by atoms with Gasteiger partial charge >= 0.3 is 0 Å². The maximum absolute atomic E-state index is 8.97. The van der Waals surface area contributed by atoms with Crippen LogP contribution in [0.5, 0.6) is 0 Å². The minimum absolute atomic E-state index is 0.221. The number of likely N-dealkylation sites (N-methyl/N-ethyl adjacent to an activating group) is 1. The van der Waals surface area contributed by atoms with Crippen molar-refractivity contribution in [2.45, 2.75) is 25.8 Å². The van der Waals surface area contributed by atoms with Crippen LogP contribution in [-0.4, -0.2) is 72.0 Å². The minimum Gasteiger partial charge on any atom is -0.396 e. The molecule has 1 aliphatic heterocycles. The molecule has 0 unspecified atom stereocenters. The number of piperazine rings is 1. The smallest absolute Gasteiger partial charge is 0.0445 e. The van der Waals surface area contributed by atoms with Crippen LogP contribution in [-0.2, 0) is 0 Å². The highest BCUT2D eigenvalue weighted by atomic mass is 16.3. The van der Waals surface area contributed by atoms with Gasteiger partial charge in [-0.05, 0) is 19.4 Å². The second kappa shape index (κ2) is 7.17. The number of hydrogen-bond acceptors (Lipinski definition) is 4. The van der Waals surface area contributed by atoms with Gasteiger partial charge in [-0.2, -0.15) is 0 Å². The zero-order chi connectivity index (χ0) is 11.1. The molecule has 0 aliphatic carbocycles. The van der Waals surface area contributed by atoms with Crippen LogP contribution in [0.15, 0.2) is 0 Å². The number of nitrogens with zero attached hydrogens (tertiary/aromatic N) is 2. The van der Waals surface area contributed by atoms with Gasteiger partial charge in [0, 0.05) is 45.4 Å². The topological polar surface area (TPSA) is 46.9 Å². The standard InChI is InChI=1S/C11H24N2O2/c1-2-12-5-7-13(8-6-12)11(3-9-14)4-10-15/h11,14-15H,2-10H2,1H3. The summed E-state index contributed by atoms with van der Waals surface area (Å²) in [5.74, 6) is 0. The highest BCUT2D eigenvalue weighted by molar-refractivity contribution is 4.78. The summed E-state index contributed by atoms with van der Waals surface area (Å²) in [6.07, 6.45) is 1.57. The maximum atomic E-state index is 8.97. The Bertz CT molecular complexity index is 153. The van der Waals surface area contributed by atoms with E-state index in [2.05, 4.69) is 16.7 Å². The van der Waals surface area contributed by atoms with E-state index in [0.717, 1.165) is 45.6 Å². The van der Waals surface area contributed by atoms with Crippen LogP contribution in [0.1, 0.15) is 19.8 Å². The van der Waals surface area contributed by atoms with Crippen LogP contribution in [0.3, 0.4) is 0 Å². The van der Waals surface area contributed by atoms with Gasteiger partial charge in [0.2, 0.25) is 0 Å². The average molecular weight is 216 g/mol. The van der Waals surface area contributed by atoms with Crippen LogP contribution >= 0.6 is 0 Å². The Labute approximate surface area is 92.5 Å². The van der Waals surface area contributed by atoms with Crippen molar-refractivity contribution in [3.8, 4) is 0 Å². The van der Waals surface area contributed by atoms with Gasteiger partial charge < -0.3 is 15.1 Å². The molecule has 4 heteroatoms. The largest absolute Gasteiger partial charge is 0.396 e. The van der Waals surface area contributed by atoms with Crippen molar-refractivity contribution >= 4 is 0 Å². The average Bonchev–Trinajstić information content (AvgIpc) is 2.29. The number of aliphatic hydroxyl groups is 2. The molecule has 0 amide bonds. The van der Waals surface area contributed by atoms with Crippen LogP contribution in [0.2, 0.25) is 0 Å². The second-order valence-electron chi connectivity index (χ2n) is 4.15. The fourth-order valence-corrected chi connectivity index (χ4v) is 2.25. The van der Waals surface area contributed by atoms with Gasteiger partial charge in [0.15, 0.2) is 0 Å². The summed E-state index contributed by atoms with van der Waals surface area (Å²) in [5.41, 5.74) is 0. The van der Waals surface area contributed by atoms with Crippen molar-refractivity contribution in [2.75, 3.05) is 45.9 Å². The van der Waals surface area contributed by atoms with Crippen LogP contribution in [0.4, 0.5) is 0 Å². The minimum atomic E-state index is 0.221. The van der Waals surface area contributed by atoms with Gasteiger partial charge in [0.25, 0.3) is 0 Å². The van der Waals surface area contributed by atoms with E-state index in [1.807, 2.05) is 0 Å². The molecule has 0 bridgehead atoms. The van der Waals surface area contributed by atoms with Crippen molar-refractivity contribution in [2.24, 2.45) is 0 Å². The maximum Gasteiger partial charge on any atom is 0.0445 e. The zero-order valence-electron chi connectivity index (χ0n) is 9.73. The van der Waals surface area contributed by atoms with E-state index in [4.69, 9.17) is 10.2 Å². The summed E-state index contributed by atoms with van der Waals surface area (Å²) < 4.78 is 0. The first kappa shape index (κ1) is 12.9. The molecule has 0 aromatic heterocycles. The Balaban J connectivity index is 2.34. The fourth-order valence-electron chi connectivity index (χ4n) is 2.25. The van der Waals surface area contributed by atoms with E-state index in [1.54, 1.807) is 0 Å². The third kappa shape index (κ3) is 4.07. The molecular formula is C11H24N2O2. The molecule has 2 N–H and O–H groups in total. The lowest BCUT2D eigenvalue weighted by Crippen LogP contribution is -2.50. The van der Waals surface area contributed by atoms with Crippen LogP contribution < -0.4 is 0 Å². The highest BCUT2D eigenvalue weighted by Gasteiger charge is 2.22. The second-order valence-corrected chi connectivity index (χ2v) is 4.15. The van der Waals surface area contributed by atoms with Gasteiger partial charge in [-0.15, -0.1) is 0 Å². The molecular weight excluding hydrogens is 192 g/mol. The predicted molar refractivity (Wildman–Crippen MR) is 60.9 cm³/mol. The van der Waals surface area contributed by atoms with Crippen LogP contribution in [0.25, 0.3) is 0 Å².